The molecule has 0 spiro atoms. The van der Waals surface area contributed by atoms with Gasteiger partial charge in [0.25, 0.3) is 12.2 Å². The number of hydrogen-bond acceptors (Lipinski definition) is 5. The molecule has 12 heavy (non-hydrogen) atoms. The fourth-order valence-corrected chi connectivity index (χ4v) is 1.11. The van der Waals surface area contributed by atoms with Gasteiger partial charge in [-0.05, 0) is 0 Å². The minimum absolute atomic E-state index is 1.25. The van der Waals surface area contributed by atoms with Crippen LogP contribution in [-0.4, -0.2) is 22.0 Å². The lowest BCUT2D eigenvalue weighted by molar-refractivity contribution is -0.137. The van der Waals surface area contributed by atoms with Crippen molar-refractivity contribution in [3.8, 4) is 0 Å². The number of carbonyl (C=O) groups excluding carboxylic acids is 1. The zero-order chi connectivity index (χ0) is 9.72. The van der Waals surface area contributed by atoms with Crippen molar-refractivity contribution >= 4 is 22.4 Å². The molecule has 0 saturated carbocycles. The molecule has 0 radical (unpaired) electrons. The van der Waals surface area contributed by atoms with Crippen molar-refractivity contribution in [3.63, 3.8) is 0 Å². The van der Waals surface area contributed by atoms with Crippen molar-refractivity contribution in [2.24, 2.45) is 5.73 Å². The third-order valence-electron chi connectivity index (χ3n) is 0.648. The largest absolute Gasteiger partial charge is 0.365 e. The highest BCUT2D eigenvalue weighted by Crippen LogP contribution is 2.25. The zero-order valence-corrected chi connectivity index (χ0v) is 7.59. The molecular formula is C2H7NO7P2. The lowest BCUT2D eigenvalue weighted by Crippen LogP contribution is -2.30. The Hall–Kier alpha value is -0.230. The SMILES string of the molecule is NC(=O)C(O[PH](=O)O)O[PH](=O)O. The van der Waals surface area contributed by atoms with E-state index in [4.69, 9.17) is 9.79 Å². The number of rotatable bonds is 5. The van der Waals surface area contributed by atoms with Crippen molar-refractivity contribution in [2.75, 3.05) is 0 Å². The van der Waals surface area contributed by atoms with Gasteiger partial charge in [0.1, 0.15) is 0 Å². The second-order valence-corrected chi connectivity index (χ2v) is 3.04. The number of hydrogen-bond donors (Lipinski definition) is 3. The number of carbonyl (C=O) groups is 1. The number of primary amides is 1. The summed E-state index contributed by atoms with van der Waals surface area (Å²) >= 11 is 0. The van der Waals surface area contributed by atoms with Gasteiger partial charge in [0.15, 0.2) is 0 Å². The molecule has 0 aromatic rings. The zero-order valence-electron chi connectivity index (χ0n) is 5.59. The van der Waals surface area contributed by atoms with E-state index in [1.807, 2.05) is 0 Å². The van der Waals surface area contributed by atoms with E-state index in [0.717, 1.165) is 0 Å². The molecule has 8 nitrogen and oxygen atoms in total. The molecule has 10 heteroatoms. The monoisotopic (exact) mass is 219 g/mol. The maximum absolute atomic E-state index is 10.3. The lowest BCUT2D eigenvalue weighted by Gasteiger charge is -2.09. The van der Waals surface area contributed by atoms with Crippen molar-refractivity contribution in [1.29, 1.82) is 0 Å². The van der Waals surface area contributed by atoms with Crippen LogP contribution < -0.4 is 5.73 Å². The summed E-state index contributed by atoms with van der Waals surface area (Å²) in [4.78, 5) is 26.6. The Bertz CT molecular complexity index is 199. The van der Waals surface area contributed by atoms with Gasteiger partial charge in [-0.2, -0.15) is 0 Å². The summed E-state index contributed by atoms with van der Waals surface area (Å²) < 4.78 is 27.8. The summed E-state index contributed by atoms with van der Waals surface area (Å²) in [5, 5.41) is 0. The summed E-state index contributed by atoms with van der Waals surface area (Å²) in [5.41, 5.74) is 4.58. The van der Waals surface area contributed by atoms with Crippen LogP contribution >= 0.6 is 16.5 Å². The fourth-order valence-electron chi connectivity index (χ4n) is 0.323. The minimum atomic E-state index is -3.43. The average molecular weight is 219 g/mol. The van der Waals surface area contributed by atoms with E-state index in [2.05, 4.69) is 14.8 Å². The van der Waals surface area contributed by atoms with Crippen LogP contribution in [0, 0.1) is 0 Å². The predicted molar refractivity (Wildman–Crippen MR) is 37.6 cm³/mol. The third-order valence-corrected chi connectivity index (χ3v) is 1.48. The summed E-state index contributed by atoms with van der Waals surface area (Å²) in [7, 11) is -6.87. The molecule has 0 aromatic heterocycles. The van der Waals surface area contributed by atoms with Gasteiger partial charge in [0, 0.05) is 0 Å². The fraction of sp³-hybridized carbons (Fsp3) is 0.500. The molecule has 0 bridgehead atoms. The van der Waals surface area contributed by atoms with Crippen LogP contribution in [0.15, 0.2) is 0 Å². The molecule has 0 fully saturated rings. The summed E-state index contributed by atoms with van der Waals surface area (Å²) in [6.07, 6.45) is -1.96. The third kappa shape index (κ3) is 5.42. The molecule has 1 amide bonds. The average Bonchev–Trinajstić information content (AvgIpc) is 1.83. The van der Waals surface area contributed by atoms with Gasteiger partial charge in [-0.15, -0.1) is 0 Å². The van der Waals surface area contributed by atoms with Crippen molar-refractivity contribution in [2.45, 2.75) is 6.29 Å². The summed E-state index contributed by atoms with van der Waals surface area (Å²) in [6, 6.07) is 0. The maximum atomic E-state index is 10.3. The molecule has 72 valence electrons. The van der Waals surface area contributed by atoms with Crippen LogP contribution in [0.25, 0.3) is 0 Å². The van der Waals surface area contributed by atoms with Gasteiger partial charge in [0.2, 0.25) is 0 Å². The van der Waals surface area contributed by atoms with E-state index in [-0.39, 0.29) is 0 Å². The van der Waals surface area contributed by atoms with Gasteiger partial charge >= 0.3 is 16.5 Å². The molecular weight excluding hydrogens is 212 g/mol. The van der Waals surface area contributed by atoms with Crippen LogP contribution in [0.3, 0.4) is 0 Å². The van der Waals surface area contributed by atoms with Crippen molar-refractivity contribution in [3.05, 3.63) is 0 Å². The molecule has 0 rings (SSSR count). The van der Waals surface area contributed by atoms with Crippen LogP contribution in [0.5, 0.6) is 0 Å². The van der Waals surface area contributed by atoms with E-state index in [9.17, 15) is 13.9 Å². The quantitative estimate of drug-likeness (QED) is 0.381. The topological polar surface area (TPSA) is 136 Å². The van der Waals surface area contributed by atoms with E-state index < -0.39 is 28.7 Å². The summed E-state index contributed by atoms with van der Waals surface area (Å²) in [5.74, 6) is -1.25. The first kappa shape index (κ1) is 11.8. The van der Waals surface area contributed by atoms with Crippen LogP contribution in [0.4, 0.5) is 0 Å². The van der Waals surface area contributed by atoms with E-state index in [0.29, 0.717) is 0 Å². The van der Waals surface area contributed by atoms with Crippen molar-refractivity contribution in [1.82, 2.24) is 0 Å². The van der Waals surface area contributed by atoms with Crippen LogP contribution in [0.1, 0.15) is 0 Å². The van der Waals surface area contributed by atoms with Gasteiger partial charge in [0.05, 0.1) is 0 Å². The first-order valence-electron chi connectivity index (χ1n) is 2.52. The normalized spacial score (nSPS) is 18.2. The molecule has 0 aromatic carbocycles. The van der Waals surface area contributed by atoms with Gasteiger partial charge in [-0.25, -0.2) is 0 Å². The molecule has 0 aliphatic carbocycles. The van der Waals surface area contributed by atoms with Crippen LogP contribution in [-0.2, 0) is 23.0 Å². The van der Waals surface area contributed by atoms with Gasteiger partial charge < -0.3 is 15.5 Å². The molecule has 0 aliphatic heterocycles. The molecule has 2 atom stereocenters. The van der Waals surface area contributed by atoms with Gasteiger partial charge in [-0.1, -0.05) is 0 Å². The lowest BCUT2D eigenvalue weighted by atomic mass is 10.6. The Labute approximate surface area is 68.2 Å². The number of amides is 1. The first-order chi connectivity index (χ1) is 5.43. The molecule has 0 heterocycles. The van der Waals surface area contributed by atoms with Crippen molar-refractivity contribution < 1.29 is 32.8 Å². The Kier molecular flexibility index (Phi) is 5.32. The standard InChI is InChI=1S/C2H7NO7P2/c3-1(4)2(9-11(5)6)10-12(7)8/h2,11-12H,(H2,3,4)(H,5,6)(H,7,8). The number of nitrogens with two attached hydrogens (primary N) is 1. The Morgan fingerprint density at radius 1 is 1.25 bits per heavy atom. The smallest absolute Gasteiger partial charge is 0.319 e. The van der Waals surface area contributed by atoms with Crippen LogP contribution in [0.2, 0.25) is 0 Å². The Balaban J connectivity index is 4.14. The second-order valence-electron chi connectivity index (χ2n) is 1.50. The minimum Gasteiger partial charge on any atom is -0.365 e. The summed E-state index contributed by atoms with van der Waals surface area (Å²) in [6.45, 7) is 0. The van der Waals surface area contributed by atoms with E-state index in [1.54, 1.807) is 0 Å². The predicted octanol–water partition coefficient (Wildman–Crippen LogP) is -1.41. The van der Waals surface area contributed by atoms with E-state index in [1.165, 1.54) is 0 Å². The first-order valence-corrected chi connectivity index (χ1v) is 5.04. The molecule has 0 saturated heterocycles. The highest BCUT2D eigenvalue weighted by Gasteiger charge is 2.20. The molecule has 4 N–H and O–H groups in total. The highest BCUT2D eigenvalue weighted by atomic mass is 31.1. The van der Waals surface area contributed by atoms with E-state index >= 15 is 0 Å². The molecule has 0 aliphatic rings. The maximum Gasteiger partial charge on any atom is 0.319 e. The Morgan fingerprint density at radius 3 is 1.75 bits per heavy atom. The molecule has 2 unspecified atom stereocenters. The second kappa shape index (κ2) is 5.42. The van der Waals surface area contributed by atoms with Gasteiger partial charge in [-0.3, -0.25) is 23.0 Å². The Morgan fingerprint density at radius 2 is 1.58 bits per heavy atom. The highest BCUT2D eigenvalue weighted by molar-refractivity contribution is 7.33.